The molecule has 0 radical (unpaired) electrons. The van der Waals surface area contributed by atoms with Crippen molar-refractivity contribution in [1.29, 1.82) is 0 Å². The van der Waals surface area contributed by atoms with E-state index in [-0.39, 0.29) is 4.34 Å². The van der Waals surface area contributed by atoms with Crippen molar-refractivity contribution in [1.82, 2.24) is 9.71 Å². The lowest BCUT2D eigenvalue weighted by Gasteiger charge is -2.18. The number of nitrogens with zero attached hydrogens (tertiary/aromatic N) is 1. The van der Waals surface area contributed by atoms with Crippen LogP contribution in [0.5, 0.6) is 0 Å². The summed E-state index contributed by atoms with van der Waals surface area (Å²) in [5.41, 5.74) is -0.468. The number of aromatic nitrogens is 1. The molecule has 0 unspecified atom stereocenters. The summed E-state index contributed by atoms with van der Waals surface area (Å²) >= 11 is 1.11. The van der Waals surface area contributed by atoms with E-state index in [1.54, 1.807) is 26.2 Å². The molecule has 0 aliphatic heterocycles. The number of nitrogens with one attached hydrogen (secondary N) is 1. The van der Waals surface area contributed by atoms with E-state index in [1.807, 2.05) is 0 Å². The highest BCUT2D eigenvalue weighted by atomic mass is 32.2. The third-order valence-corrected chi connectivity index (χ3v) is 4.04. The van der Waals surface area contributed by atoms with Crippen molar-refractivity contribution in [2.45, 2.75) is 30.6 Å². The molecule has 1 rings (SSSR count). The van der Waals surface area contributed by atoms with Crippen LogP contribution >= 0.6 is 11.3 Å². The highest BCUT2D eigenvalue weighted by Gasteiger charge is 2.23. The molecular weight excluding hydrogens is 208 g/mol. The molecular formula is C7H12N2O2S2. The van der Waals surface area contributed by atoms with Crippen molar-refractivity contribution in [3.05, 3.63) is 11.6 Å². The maximum absolute atomic E-state index is 11.5. The van der Waals surface area contributed by atoms with Crippen molar-refractivity contribution >= 4 is 21.4 Å². The molecule has 0 aliphatic carbocycles. The van der Waals surface area contributed by atoms with Gasteiger partial charge in [-0.25, -0.2) is 18.1 Å². The molecule has 0 saturated heterocycles. The van der Waals surface area contributed by atoms with Crippen LogP contribution in [0.15, 0.2) is 15.9 Å². The summed E-state index contributed by atoms with van der Waals surface area (Å²) in [6, 6.07) is 0. The predicted octanol–water partition coefficient (Wildman–Crippen LogP) is 1.22. The average molecular weight is 220 g/mol. The molecule has 74 valence electrons. The van der Waals surface area contributed by atoms with Crippen LogP contribution in [-0.2, 0) is 10.0 Å². The Hall–Kier alpha value is -0.460. The zero-order valence-corrected chi connectivity index (χ0v) is 9.37. The minimum absolute atomic E-state index is 0.113. The molecule has 1 N–H and O–H groups in total. The number of thiazole rings is 1. The predicted molar refractivity (Wildman–Crippen MR) is 52.2 cm³/mol. The Balaban J connectivity index is 2.93. The van der Waals surface area contributed by atoms with Gasteiger partial charge in [-0.3, -0.25) is 0 Å². The smallest absolute Gasteiger partial charge is 0.233 e. The lowest BCUT2D eigenvalue weighted by atomic mass is 10.1. The van der Waals surface area contributed by atoms with Gasteiger partial charge in [-0.2, -0.15) is 0 Å². The van der Waals surface area contributed by atoms with Gasteiger partial charge in [0.2, 0.25) is 4.34 Å². The molecule has 0 atom stereocenters. The van der Waals surface area contributed by atoms with E-state index in [0.29, 0.717) is 0 Å². The summed E-state index contributed by atoms with van der Waals surface area (Å²) in [5.74, 6) is 0. The van der Waals surface area contributed by atoms with Gasteiger partial charge in [-0.05, 0) is 20.8 Å². The second kappa shape index (κ2) is 3.36. The van der Waals surface area contributed by atoms with Crippen LogP contribution in [0.2, 0.25) is 0 Å². The number of hydrogen-bond donors (Lipinski definition) is 1. The SMILES string of the molecule is CC(C)(C)NS(=O)(=O)c1nccs1. The molecule has 0 amide bonds. The fraction of sp³-hybridized carbons (Fsp3) is 0.571. The first-order chi connectivity index (χ1) is 5.81. The minimum atomic E-state index is -3.42. The van der Waals surface area contributed by atoms with Crippen molar-refractivity contribution in [3.63, 3.8) is 0 Å². The Morgan fingerprint density at radius 3 is 2.46 bits per heavy atom. The lowest BCUT2D eigenvalue weighted by Crippen LogP contribution is -2.40. The van der Waals surface area contributed by atoms with Crippen molar-refractivity contribution in [3.8, 4) is 0 Å². The molecule has 0 aliphatic rings. The zero-order valence-electron chi connectivity index (χ0n) is 7.73. The Kier molecular flexibility index (Phi) is 2.74. The normalized spacial score (nSPS) is 13.2. The second-order valence-corrected chi connectivity index (χ2v) is 6.40. The molecule has 6 heteroatoms. The van der Waals surface area contributed by atoms with E-state index in [1.165, 1.54) is 6.20 Å². The Morgan fingerprint density at radius 1 is 1.46 bits per heavy atom. The monoisotopic (exact) mass is 220 g/mol. The zero-order chi connectivity index (χ0) is 10.1. The van der Waals surface area contributed by atoms with E-state index in [0.717, 1.165) is 11.3 Å². The fourth-order valence-corrected chi connectivity index (χ4v) is 3.04. The van der Waals surface area contributed by atoms with Crippen LogP contribution < -0.4 is 4.72 Å². The second-order valence-electron chi connectivity index (χ2n) is 3.65. The van der Waals surface area contributed by atoms with Crippen LogP contribution in [0, 0.1) is 0 Å². The summed E-state index contributed by atoms with van der Waals surface area (Å²) in [6.45, 7) is 5.37. The standard InChI is InChI=1S/C7H12N2O2S2/c1-7(2,3)9-13(10,11)6-8-4-5-12-6/h4-5,9H,1-3H3. The van der Waals surface area contributed by atoms with E-state index < -0.39 is 15.6 Å². The van der Waals surface area contributed by atoms with E-state index in [4.69, 9.17) is 0 Å². The topological polar surface area (TPSA) is 59.1 Å². The van der Waals surface area contributed by atoms with Crippen LogP contribution in [0.4, 0.5) is 0 Å². The average Bonchev–Trinajstić information content (AvgIpc) is 2.29. The minimum Gasteiger partial charge on any atom is -0.233 e. The van der Waals surface area contributed by atoms with Gasteiger partial charge in [0.05, 0.1) is 0 Å². The van der Waals surface area contributed by atoms with Gasteiger partial charge < -0.3 is 0 Å². The molecule has 1 heterocycles. The molecule has 0 saturated carbocycles. The third-order valence-electron chi connectivity index (χ3n) is 1.08. The summed E-state index contributed by atoms with van der Waals surface area (Å²) in [4.78, 5) is 3.74. The van der Waals surface area contributed by atoms with Gasteiger partial charge in [0.15, 0.2) is 0 Å². The molecule has 1 aromatic rings. The Labute approximate surface area is 82.1 Å². The quantitative estimate of drug-likeness (QED) is 0.815. The molecule has 0 bridgehead atoms. The third kappa shape index (κ3) is 3.06. The number of rotatable bonds is 2. The van der Waals surface area contributed by atoms with Gasteiger partial charge in [0.25, 0.3) is 10.0 Å². The molecule has 0 aromatic carbocycles. The molecule has 13 heavy (non-hydrogen) atoms. The van der Waals surface area contributed by atoms with Crippen LogP contribution in [-0.4, -0.2) is 18.9 Å². The summed E-state index contributed by atoms with van der Waals surface area (Å²) < 4.78 is 25.7. The van der Waals surface area contributed by atoms with Crippen molar-refractivity contribution in [2.24, 2.45) is 0 Å². The van der Waals surface area contributed by atoms with E-state index in [9.17, 15) is 8.42 Å². The van der Waals surface area contributed by atoms with Crippen molar-refractivity contribution in [2.75, 3.05) is 0 Å². The first-order valence-corrected chi connectivity index (χ1v) is 6.11. The van der Waals surface area contributed by atoms with Crippen LogP contribution in [0.25, 0.3) is 0 Å². The van der Waals surface area contributed by atoms with Gasteiger partial charge in [-0.1, -0.05) is 0 Å². The van der Waals surface area contributed by atoms with Gasteiger partial charge in [-0.15, -0.1) is 11.3 Å². The number of sulfonamides is 1. The van der Waals surface area contributed by atoms with Gasteiger partial charge >= 0.3 is 0 Å². The summed E-state index contributed by atoms with van der Waals surface area (Å²) in [7, 11) is -3.42. The van der Waals surface area contributed by atoms with E-state index >= 15 is 0 Å². The highest BCUT2D eigenvalue weighted by Crippen LogP contribution is 2.14. The summed E-state index contributed by atoms with van der Waals surface area (Å²) in [6.07, 6.45) is 1.47. The van der Waals surface area contributed by atoms with Crippen LogP contribution in [0.1, 0.15) is 20.8 Å². The van der Waals surface area contributed by atoms with E-state index in [2.05, 4.69) is 9.71 Å². The number of hydrogen-bond acceptors (Lipinski definition) is 4. The largest absolute Gasteiger partial charge is 0.268 e. The van der Waals surface area contributed by atoms with Crippen LogP contribution in [0.3, 0.4) is 0 Å². The first kappa shape index (κ1) is 10.6. The lowest BCUT2D eigenvalue weighted by molar-refractivity contribution is 0.491. The highest BCUT2D eigenvalue weighted by molar-refractivity contribution is 7.91. The molecule has 4 nitrogen and oxygen atoms in total. The summed E-state index contributed by atoms with van der Waals surface area (Å²) in [5, 5.41) is 1.64. The molecule has 0 fully saturated rings. The Morgan fingerprint density at radius 2 is 2.08 bits per heavy atom. The Bertz CT molecular complexity index is 362. The van der Waals surface area contributed by atoms with Gasteiger partial charge in [0, 0.05) is 17.1 Å². The van der Waals surface area contributed by atoms with Gasteiger partial charge in [0.1, 0.15) is 0 Å². The first-order valence-electron chi connectivity index (χ1n) is 3.75. The molecule has 1 aromatic heterocycles. The maximum atomic E-state index is 11.5. The fourth-order valence-electron chi connectivity index (χ4n) is 0.790. The molecule has 0 spiro atoms. The maximum Gasteiger partial charge on any atom is 0.268 e. The van der Waals surface area contributed by atoms with Crippen molar-refractivity contribution < 1.29 is 8.42 Å².